The first-order valence-electron chi connectivity index (χ1n) is 5.92. The Morgan fingerprint density at radius 1 is 1.47 bits per heavy atom. The van der Waals surface area contributed by atoms with E-state index in [2.05, 4.69) is 15.3 Å². The van der Waals surface area contributed by atoms with E-state index in [9.17, 15) is 4.79 Å². The van der Waals surface area contributed by atoms with Gasteiger partial charge in [0.25, 0.3) is 5.91 Å². The molecule has 2 heterocycles. The number of primary amides is 1. The van der Waals surface area contributed by atoms with Gasteiger partial charge in [-0.2, -0.15) is 0 Å². The Kier molecular flexibility index (Phi) is 3.97. The molecule has 0 aliphatic carbocycles. The van der Waals surface area contributed by atoms with Gasteiger partial charge in [0.05, 0.1) is 23.8 Å². The van der Waals surface area contributed by atoms with Crippen LogP contribution < -0.4 is 16.8 Å². The number of aromatic nitrogens is 3. The Bertz CT molecular complexity index is 551. The van der Waals surface area contributed by atoms with Crippen LogP contribution in [0.1, 0.15) is 16.8 Å². The van der Waals surface area contributed by atoms with Crippen LogP contribution >= 0.6 is 0 Å². The summed E-state index contributed by atoms with van der Waals surface area (Å²) in [5, 5.41) is 3.12. The van der Waals surface area contributed by atoms with Gasteiger partial charge >= 0.3 is 0 Å². The fourth-order valence-corrected chi connectivity index (χ4v) is 1.67. The van der Waals surface area contributed by atoms with Crippen LogP contribution in [0.25, 0.3) is 0 Å². The highest BCUT2D eigenvalue weighted by atomic mass is 16.1. The molecule has 0 spiro atoms. The van der Waals surface area contributed by atoms with Crippen molar-refractivity contribution in [2.75, 3.05) is 17.6 Å². The third-order valence-corrected chi connectivity index (χ3v) is 2.66. The summed E-state index contributed by atoms with van der Waals surface area (Å²) in [7, 11) is 0. The summed E-state index contributed by atoms with van der Waals surface area (Å²) in [5.74, 6) is 0.0370. The summed E-state index contributed by atoms with van der Waals surface area (Å²) in [4.78, 5) is 19.2. The summed E-state index contributed by atoms with van der Waals surface area (Å²) >= 11 is 0. The van der Waals surface area contributed by atoms with E-state index in [1.165, 1.54) is 6.20 Å². The molecular weight excluding hydrogens is 244 g/mol. The molecule has 0 bridgehead atoms. The molecule has 0 unspecified atom stereocenters. The molecule has 0 fully saturated rings. The molecule has 100 valence electrons. The number of carbonyl (C=O) groups is 1. The summed E-state index contributed by atoms with van der Waals surface area (Å²) in [6.07, 6.45) is 7.76. The first-order chi connectivity index (χ1) is 9.16. The number of amides is 1. The van der Waals surface area contributed by atoms with E-state index < -0.39 is 5.91 Å². The van der Waals surface area contributed by atoms with Crippen molar-refractivity contribution in [3.05, 3.63) is 36.5 Å². The Morgan fingerprint density at radius 3 is 3.00 bits per heavy atom. The standard InChI is InChI=1S/C12H16N6O/c13-10-7-17-11(6-9(10)12(14)19)16-2-1-4-18-5-3-15-8-18/h3,5-8H,1-2,4,13H2,(H2,14,19)(H,16,17). The molecule has 0 atom stereocenters. The summed E-state index contributed by atoms with van der Waals surface area (Å²) in [6.45, 7) is 1.60. The van der Waals surface area contributed by atoms with Gasteiger partial charge in [0, 0.05) is 25.5 Å². The second-order valence-corrected chi connectivity index (χ2v) is 4.10. The largest absolute Gasteiger partial charge is 0.397 e. The lowest BCUT2D eigenvalue weighted by Gasteiger charge is -2.08. The maximum absolute atomic E-state index is 11.1. The van der Waals surface area contributed by atoms with E-state index in [-0.39, 0.29) is 11.3 Å². The van der Waals surface area contributed by atoms with Crippen molar-refractivity contribution in [3.8, 4) is 0 Å². The highest BCUT2D eigenvalue weighted by Crippen LogP contribution is 2.13. The fourth-order valence-electron chi connectivity index (χ4n) is 1.67. The molecule has 2 aromatic rings. The second kappa shape index (κ2) is 5.85. The smallest absolute Gasteiger partial charge is 0.250 e. The molecule has 1 amide bonds. The molecule has 0 saturated heterocycles. The predicted octanol–water partition coefficient (Wildman–Crippen LogP) is 0.461. The Hall–Kier alpha value is -2.57. The van der Waals surface area contributed by atoms with Crippen molar-refractivity contribution < 1.29 is 4.79 Å². The third-order valence-electron chi connectivity index (χ3n) is 2.66. The lowest BCUT2D eigenvalue weighted by Crippen LogP contribution is -2.15. The van der Waals surface area contributed by atoms with Gasteiger partial charge in [0.15, 0.2) is 0 Å². The zero-order valence-electron chi connectivity index (χ0n) is 10.4. The number of aryl methyl sites for hydroxylation is 1. The number of hydrogen-bond acceptors (Lipinski definition) is 5. The average molecular weight is 260 g/mol. The number of nitrogens with two attached hydrogens (primary N) is 2. The zero-order valence-corrected chi connectivity index (χ0v) is 10.4. The molecule has 19 heavy (non-hydrogen) atoms. The van der Waals surface area contributed by atoms with Gasteiger partial charge in [-0.25, -0.2) is 9.97 Å². The monoisotopic (exact) mass is 260 g/mol. The van der Waals surface area contributed by atoms with E-state index in [0.29, 0.717) is 5.82 Å². The van der Waals surface area contributed by atoms with Crippen molar-refractivity contribution in [1.82, 2.24) is 14.5 Å². The van der Waals surface area contributed by atoms with Gasteiger partial charge < -0.3 is 21.4 Å². The number of pyridine rings is 1. The number of hydrogen-bond donors (Lipinski definition) is 3. The van der Waals surface area contributed by atoms with Crippen molar-refractivity contribution in [2.24, 2.45) is 5.73 Å². The van der Waals surface area contributed by atoms with Crippen LogP contribution in [-0.4, -0.2) is 27.0 Å². The minimum Gasteiger partial charge on any atom is -0.397 e. The number of carbonyl (C=O) groups excluding carboxylic acids is 1. The number of nitrogens with zero attached hydrogens (tertiary/aromatic N) is 3. The maximum atomic E-state index is 11.1. The molecule has 0 saturated carbocycles. The van der Waals surface area contributed by atoms with E-state index in [1.54, 1.807) is 18.6 Å². The first kappa shape index (κ1) is 12.9. The molecule has 7 heteroatoms. The SMILES string of the molecule is NC(=O)c1cc(NCCCn2ccnc2)ncc1N. The Labute approximate surface area is 110 Å². The lowest BCUT2D eigenvalue weighted by atomic mass is 10.2. The third kappa shape index (κ3) is 3.44. The molecule has 5 N–H and O–H groups in total. The number of nitrogens with one attached hydrogen (secondary N) is 1. The number of imidazole rings is 1. The molecule has 0 aromatic carbocycles. The van der Waals surface area contributed by atoms with Crippen molar-refractivity contribution in [1.29, 1.82) is 0 Å². The van der Waals surface area contributed by atoms with Crippen LogP contribution in [0.2, 0.25) is 0 Å². The summed E-state index contributed by atoms with van der Waals surface area (Å²) in [5.41, 5.74) is 11.4. The van der Waals surface area contributed by atoms with Crippen LogP contribution in [0.15, 0.2) is 31.0 Å². The lowest BCUT2D eigenvalue weighted by molar-refractivity contribution is 0.100. The van der Waals surface area contributed by atoms with Gasteiger partial charge in [-0.3, -0.25) is 4.79 Å². The van der Waals surface area contributed by atoms with E-state index in [4.69, 9.17) is 11.5 Å². The Morgan fingerprint density at radius 2 is 2.32 bits per heavy atom. The quantitative estimate of drug-likeness (QED) is 0.653. The fraction of sp³-hybridized carbons (Fsp3) is 0.250. The number of nitrogen functional groups attached to an aromatic ring is 1. The minimum absolute atomic E-state index is 0.284. The maximum Gasteiger partial charge on any atom is 0.250 e. The topological polar surface area (TPSA) is 112 Å². The average Bonchev–Trinajstić information content (AvgIpc) is 2.89. The molecule has 7 nitrogen and oxygen atoms in total. The molecule has 0 aliphatic heterocycles. The van der Waals surface area contributed by atoms with Gasteiger partial charge in [-0.15, -0.1) is 0 Å². The molecular formula is C12H16N6O. The van der Waals surface area contributed by atoms with Gasteiger partial charge in [0.2, 0.25) is 0 Å². The highest BCUT2D eigenvalue weighted by Gasteiger charge is 2.07. The molecule has 0 radical (unpaired) electrons. The van der Waals surface area contributed by atoms with Crippen LogP contribution in [0.5, 0.6) is 0 Å². The van der Waals surface area contributed by atoms with E-state index in [1.807, 2.05) is 10.8 Å². The summed E-state index contributed by atoms with van der Waals surface area (Å²) in [6, 6.07) is 1.56. The molecule has 2 aromatic heterocycles. The number of anilines is 2. The minimum atomic E-state index is -0.554. The van der Waals surface area contributed by atoms with E-state index in [0.717, 1.165) is 19.5 Å². The van der Waals surface area contributed by atoms with Crippen LogP contribution in [0, 0.1) is 0 Å². The molecule has 0 aliphatic rings. The van der Waals surface area contributed by atoms with Gasteiger partial charge in [-0.1, -0.05) is 0 Å². The normalized spacial score (nSPS) is 10.3. The first-order valence-corrected chi connectivity index (χ1v) is 5.92. The van der Waals surface area contributed by atoms with E-state index >= 15 is 0 Å². The zero-order chi connectivity index (χ0) is 13.7. The van der Waals surface area contributed by atoms with Gasteiger partial charge in [0.1, 0.15) is 5.82 Å². The van der Waals surface area contributed by atoms with Crippen LogP contribution in [0.3, 0.4) is 0 Å². The van der Waals surface area contributed by atoms with Crippen molar-refractivity contribution >= 4 is 17.4 Å². The summed E-state index contributed by atoms with van der Waals surface area (Å²) < 4.78 is 1.99. The van der Waals surface area contributed by atoms with Crippen molar-refractivity contribution in [2.45, 2.75) is 13.0 Å². The Balaban J connectivity index is 1.86. The van der Waals surface area contributed by atoms with Crippen LogP contribution in [-0.2, 0) is 6.54 Å². The van der Waals surface area contributed by atoms with Crippen molar-refractivity contribution in [3.63, 3.8) is 0 Å². The second-order valence-electron chi connectivity index (χ2n) is 4.10. The molecule has 2 rings (SSSR count). The van der Waals surface area contributed by atoms with Crippen LogP contribution in [0.4, 0.5) is 11.5 Å². The number of rotatable bonds is 6. The highest BCUT2D eigenvalue weighted by molar-refractivity contribution is 5.98. The van der Waals surface area contributed by atoms with Gasteiger partial charge in [-0.05, 0) is 12.5 Å². The predicted molar refractivity (Wildman–Crippen MR) is 72.5 cm³/mol.